The van der Waals surface area contributed by atoms with Crippen LogP contribution in [0.5, 0.6) is 0 Å². The number of hydrogen-bond donors (Lipinski definition) is 0. The molecule has 0 N–H and O–H groups in total. The van der Waals surface area contributed by atoms with Gasteiger partial charge >= 0.3 is 0 Å². The standard InChI is InChI=1S/C8H8ClNO4S/c1-2-15(13,14)8-4-6(9)3-7(5-8)10(11)12/h3-5H,2H2,1H3. The number of sulfone groups is 1. The fourth-order valence-corrected chi connectivity index (χ4v) is 2.23. The molecule has 0 saturated carbocycles. The average Bonchev–Trinajstić information content (AvgIpc) is 2.16. The first kappa shape index (κ1) is 11.9. The van der Waals surface area contributed by atoms with E-state index in [1.165, 1.54) is 13.0 Å². The van der Waals surface area contributed by atoms with Crippen LogP contribution < -0.4 is 0 Å². The Kier molecular flexibility index (Phi) is 3.31. The van der Waals surface area contributed by atoms with E-state index < -0.39 is 14.8 Å². The van der Waals surface area contributed by atoms with Gasteiger partial charge in [-0.2, -0.15) is 0 Å². The van der Waals surface area contributed by atoms with Crippen molar-refractivity contribution < 1.29 is 13.3 Å². The fraction of sp³-hybridized carbons (Fsp3) is 0.250. The van der Waals surface area contributed by atoms with Crippen molar-refractivity contribution >= 4 is 27.1 Å². The lowest BCUT2D eigenvalue weighted by atomic mass is 10.3. The van der Waals surface area contributed by atoms with Gasteiger partial charge in [0.25, 0.3) is 5.69 Å². The molecule has 0 aliphatic heterocycles. The summed E-state index contributed by atoms with van der Waals surface area (Å²) < 4.78 is 22.9. The molecule has 0 radical (unpaired) electrons. The number of non-ortho nitro benzene ring substituents is 1. The third kappa shape index (κ3) is 2.66. The number of nitro groups is 1. The predicted octanol–water partition coefficient (Wildman–Crippen LogP) is 2.04. The highest BCUT2D eigenvalue weighted by Crippen LogP contribution is 2.24. The van der Waals surface area contributed by atoms with E-state index in [0.717, 1.165) is 12.1 Å². The smallest absolute Gasteiger partial charge is 0.258 e. The van der Waals surface area contributed by atoms with Crippen molar-refractivity contribution in [3.8, 4) is 0 Å². The minimum atomic E-state index is -3.47. The van der Waals surface area contributed by atoms with Crippen LogP contribution in [0.15, 0.2) is 23.1 Å². The minimum Gasteiger partial charge on any atom is -0.258 e. The molecule has 0 unspecified atom stereocenters. The summed E-state index contributed by atoms with van der Waals surface area (Å²) in [5, 5.41) is 10.5. The second kappa shape index (κ2) is 4.16. The molecule has 0 amide bonds. The summed E-state index contributed by atoms with van der Waals surface area (Å²) in [4.78, 5) is 9.67. The lowest BCUT2D eigenvalue weighted by molar-refractivity contribution is -0.385. The third-order valence-corrected chi connectivity index (χ3v) is 3.74. The van der Waals surface area contributed by atoms with E-state index in [9.17, 15) is 18.5 Å². The van der Waals surface area contributed by atoms with Crippen molar-refractivity contribution in [1.82, 2.24) is 0 Å². The van der Waals surface area contributed by atoms with Crippen LogP contribution >= 0.6 is 11.6 Å². The zero-order chi connectivity index (χ0) is 11.6. The summed E-state index contributed by atoms with van der Waals surface area (Å²) in [7, 11) is -3.47. The van der Waals surface area contributed by atoms with Crippen LogP contribution in [-0.2, 0) is 9.84 Å². The molecule has 0 bridgehead atoms. The largest absolute Gasteiger partial charge is 0.272 e. The number of halogens is 1. The Balaban J connectivity index is 3.40. The Morgan fingerprint density at radius 1 is 1.40 bits per heavy atom. The Morgan fingerprint density at radius 2 is 2.00 bits per heavy atom. The quantitative estimate of drug-likeness (QED) is 0.607. The molecule has 5 nitrogen and oxygen atoms in total. The Bertz CT molecular complexity index is 497. The van der Waals surface area contributed by atoms with Crippen molar-refractivity contribution in [3.63, 3.8) is 0 Å². The molecule has 0 saturated heterocycles. The number of nitrogens with zero attached hydrogens (tertiary/aromatic N) is 1. The minimum absolute atomic E-state index is 0.0382. The second-order valence-corrected chi connectivity index (χ2v) is 5.52. The van der Waals surface area contributed by atoms with E-state index in [0.29, 0.717) is 0 Å². The molecule has 1 aromatic carbocycles. The normalized spacial score (nSPS) is 11.3. The van der Waals surface area contributed by atoms with Crippen molar-refractivity contribution in [3.05, 3.63) is 33.3 Å². The van der Waals surface area contributed by atoms with Crippen LogP contribution in [0.3, 0.4) is 0 Å². The first-order valence-corrected chi connectivity index (χ1v) is 6.07. The van der Waals surface area contributed by atoms with E-state index in [1.807, 2.05) is 0 Å². The summed E-state index contributed by atoms with van der Waals surface area (Å²) in [6, 6.07) is 3.31. The van der Waals surface area contributed by atoms with Crippen LogP contribution in [0, 0.1) is 10.1 Å². The SMILES string of the molecule is CCS(=O)(=O)c1cc(Cl)cc([N+](=O)[O-])c1. The second-order valence-electron chi connectivity index (χ2n) is 2.81. The van der Waals surface area contributed by atoms with E-state index in [-0.39, 0.29) is 21.4 Å². The van der Waals surface area contributed by atoms with Gasteiger partial charge in [-0.25, -0.2) is 8.42 Å². The molecule has 0 aliphatic rings. The fourth-order valence-electron chi connectivity index (χ4n) is 1.000. The lowest BCUT2D eigenvalue weighted by Crippen LogP contribution is -2.04. The molecule has 0 spiro atoms. The highest BCUT2D eigenvalue weighted by Gasteiger charge is 2.17. The molecule has 1 aromatic rings. The third-order valence-electron chi connectivity index (χ3n) is 1.81. The molecule has 82 valence electrons. The summed E-state index contributed by atoms with van der Waals surface area (Å²) in [6.07, 6.45) is 0. The van der Waals surface area contributed by atoms with Gasteiger partial charge in [0.15, 0.2) is 9.84 Å². The van der Waals surface area contributed by atoms with Gasteiger partial charge in [0.2, 0.25) is 0 Å². The van der Waals surface area contributed by atoms with E-state index in [2.05, 4.69) is 0 Å². The molecular weight excluding hydrogens is 242 g/mol. The van der Waals surface area contributed by atoms with Crippen LogP contribution in [0.1, 0.15) is 6.92 Å². The molecule has 15 heavy (non-hydrogen) atoms. The summed E-state index contributed by atoms with van der Waals surface area (Å²) in [5.41, 5.74) is -0.325. The van der Waals surface area contributed by atoms with E-state index in [4.69, 9.17) is 11.6 Å². The summed E-state index contributed by atoms with van der Waals surface area (Å²) in [6.45, 7) is 1.46. The van der Waals surface area contributed by atoms with Gasteiger partial charge in [0, 0.05) is 17.2 Å². The molecule has 1 rings (SSSR count). The van der Waals surface area contributed by atoms with Gasteiger partial charge in [-0.1, -0.05) is 18.5 Å². The highest BCUT2D eigenvalue weighted by molar-refractivity contribution is 7.91. The zero-order valence-corrected chi connectivity index (χ0v) is 9.38. The maximum absolute atomic E-state index is 11.4. The van der Waals surface area contributed by atoms with Gasteiger partial charge in [-0.15, -0.1) is 0 Å². The molecule has 7 heteroatoms. The zero-order valence-electron chi connectivity index (χ0n) is 7.81. The van der Waals surface area contributed by atoms with Gasteiger partial charge in [0.1, 0.15) is 0 Å². The van der Waals surface area contributed by atoms with Crippen LogP contribution in [0.2, 0.25) is 5.02 Å². The molecule has 0 heterocycles. The maximum atomic E-state index is 11.4. The highest BCUT2D eigenvalue weighted by atomic mass is 35.5. The lowest BCUT2D eigenvalue weighted by Gasteiger charge is -2.01. The van der Waals surface area contributed by atoms with Crippen molar-refractivity contribution in [1.29, 1.82) is 0 Å². The van der Waals surface area contributed by atoms with Gasteiger partial charge < -0.3 is 0 Å². The van der Waals surface area contributed by atoms with Crippen LogP contribution in [0.4, 0.5) is 5.69 Å². The Hall–Kier alpha value is -1.14. The van der Waals surface area contributed by atoms with Crippen LogP contribution in [-0.4, -0.2) is 19.1 Å². The number of rotatable bonds is 3. The van der Waals surface area contributed by atoms with Crippen molar-refractivity contribution in [2.24, 2.45) is 0 Å². The monoisotopic (exact) mass is 249 g/mol. The van der Waals surface area contributed by atoms with Gasteiger partial charge in [-0.3, -0.25) is 10.1 Å². The number of hydrogen-bond acceptors (Lipinski definition) is 4. The van der Waals surface area contributed by atoms with Gasteiger partial charge in [0.05, 0.1) is 15.6 Å². The van der Waals surface area contributed by atoms with Crippen molar-refractivity contribution in [2.45, 2.75) is 11.8 Å². The topological polar surface area (TPSA) is 77.3 Å². The molecule has 0 aromatic heterocycles. The average molecular weight is 250 g/mol. The molecule has 0 fully saturated rings. The summed E-state index contributed by atoms with van der Waals surface area (Å²) in [5.74, 6) is -0.121. The Morgan fingerprint density at radius 3 is 2.47 bits per heavy atom. The predicted molar refractivity (Wildman–Crippen MR) is 55.8 cm³/mol. The first-order chi connectivity index (χ1) is 6.86. The number of benzene rings is 1. The molecule has 0 atom stereocenters. The van der Waals surface area contributed by atoms with Gasteiger partial charge in [-0.05, 0) is 6.07 Å². The molecular formula is C8H8ClNO4S. The van der Waals surface area contributed by atoms with E-state index >= 15 is 0 Å². The van der Waals surface area contributed by atoms with Crippen molar-refractivity contribution in [2.75, 3.05) is 5.75 Å². The molecule has 0 aliphatic carbocycles. The van der Waals surface area contributed by atoms with E-state index in [1.54, 1.807) is 0 Å². The Labute approximate surface area is 91.7 Å². The summed E-state index contributed by atoms with van der Waals surface area (Å²) >= 11 is 5.59. The first-order valence-electron chi connectivity index (χ1n) is 4.04. The number of nitro benzene ring substituents is 1. The van der Waals surface area contributed by atoms with Crippen LogP contribution in [0.25, 0.3) is 0 Å². The maximum Gasteiger partial charge on any atom is 0.272 e.